The Bertz CT molecular complexity index is 1490. The van der Waals surface area contributed by atoms with Crippen molar-refractivity contribution in [2.45, 2.75) is 13.5 Å². The van der Waals surface area contributed by atoms with Crippen LogP contribution in [0.4, 0.5) is 0 Å². The number of carbonyl (C=O) groups is 1. The van der Waals surface area contributed by atoms with E-state index in [0.717, 1.165) is 33.6 Å². The van der Waals surface area contributed by atoms with Crippen molar-refractivity contribution in [3.05, 3.63) is 132 Å². The van der Waals surface area contributed by atoms with Crippen LogP contribution in [0.25, 0.3) is 22.4 Å². The fourth-order valence-corrected chi connectivity index (χ4v) is 3.84. The van der Waals surface area contributed by atoms with E-state index in [1.807, 2.05) is 104 Å². The Morgan fingerprint density at radius 3 is 2.14 bits per heavy atom. The third kappa shape index (κ3) is 6.00. The minimum absolute atomic E-state index is 0.329. The Morgan fingerprint density at radius 2 is 1.43 bits per heavy atom. The maximum absolute atomic E-state index is 12.6. The van der Waals surface area contributed by atoms with Gasteiger partial charge >= 0.3 is 0 Å². The number of hydrazone groups is 1. The van der Waals surface area contributed by atoms with Gasteiger partial charge in [0.15, 0.2) is 0 Å². The summed E-state index contributed by atoms with van der Waals surface area (Å²) in [6, 6.07) is 37.6. The summed E-state index contributed by atoms with van der Waals surface area (Å²) >= 11 is 0. The lowest BCUT2D eigenvalue weighted by atomic mass is 10.0. The number of carbonyl (C=O) groups excluding carboxylic acids is 1. The average Bonchev–Trinajstić information content (AvgIpc) is 3.47. The van der Waals surface area contributed by atoms with Crippen molar-refractivity contribution < 1.29 is 9.53 Å². The number of hydrogen-bond donors (Lipinski definition) is 2. The highest BCUT2D eigenvalue weighted by Gasteiger charge is 2.11. The second-order valence-electron chi connectivity index (χ2n) is 8.55. The Labute approximate surface area is 215 Å². The van der Waals surface area contributed by atoms with Gasteiger partial charge < -0.3 is 4.74 Å². The van der Waals surface area contributed by atoms with Gasteiger partial charge in [0.25, 0.3) is 5.91 Å². The number of ether oxygens (including phenoxy) is 1. The molecule has 5 rings (SSSR count). The SMILES string of the molecule is C/C(=N/NC(=O)c1cc(-c2ccc(OCc3ccccc3)cc2)n[nH]1)c1ccc(-c2ccccc2)cc1. The van der Waals surface area contributed by atoms with E-state index in [9.17, 15) is 4.79 Å². The average molecular weight is 487 g/mol. The minimum Gasteiger partial charge on any atom is -0.489 e. The first-order chi connectivity index (χ1) is 18.2. The summed E-state index contributed by atoms with van der Waals surface area (Å²) in [4.78, 5) is 12.6. The highest BCUT2D eigenvalue weighted by Crippen LogP contribution is 2.22. The molecule has 37 heavy (non-hydrogen) atoms. The number of aromatic amines is 1. The summed E-state index contributed by atoms with van der Waals surface area (Å²) in [6.07, 6.45) is 0. The highest BCUT2D eigenvalue weighted by molar-refractivity contribution is 6.01. The van der Waals surface area contributed by atoms with Gasteiger partial charge in [0.05, 0.1) is 11.4 Å². The van der Waals surface area contributed by atoms with Crippen LogP contribution in [0.3, 0.4) is 0 Å². The molecule has 0 saturated heterocycles. The molecule has 6 heteroatoms. The van der Waals surface area contributed by atoms with E-state index < -0.39 is 0 Å². The van der Waals surface area contributed by atoms with Crippen molar-refractivity contribution in [2.75, 3.05) is 0 Å². The molecule has 0 radical (unpaired) electrons. The zero-order valence-corrected chi connectivity index (χ0v) is 20.4. The molecule has 2 N–H and O–H groups in total. The van der Waals surface area contributed by atoms with Crippen molar-refractivity contribution in [1.29, 1.82) is 0 Å². The standard InChI is InChI=1S/C31H26N4O2/c1-22(24-12-14-26(15-13-24)25-10-6-3-7-11-25)32-35-31(36)30-20-29(33-34-30)27-16-18-28(19-17-27)37-21-23-8-4-2-5-9-23/h2-20H,21H2,1H3,(H,33,34)(H,35,36)/b32-22-. The third-order valence-corrected chi connectivity index (χ3v) is 5.96. The Hall–Kier alpha value is -4.97. The van der Waals surface area contributed by atoms with Gasteiger partial charge in [-0.05, 0) is 59.5 Å². The van der Waals surface area contributed by atoms with Crippen molar-refractivity contribution in [2.24, 2.45) is 5.10 Å². The van der Waals surface area contributed by atoms with Gasteiger partial charge in [-0.3, -0.25) is 9.89 Å². The first kappa shape index (κ1) is 23.8. The van der Waals surface area contributed by atoms with E-state index in [0.29, 0.717) is 23.7 Å². The van der Waals surface area contributed by atoms with Crippen molar-refractivity contribution in [1.82, 2.24) is 15.6 Å². The van der Waals surface area contributed by atoms with Gasteiger partial charge in [-0.2, -0.15) is 10.2 Å². The van der Waals surface area contributed by atoms with Crippen LogP contribution in [-0.2, 0) is 6.61 Å². The number of aromatic nitrogens is 2. The normalized spacial score (nSPS) is 11.2. The summed E-state index contributed by atoms with van der Waals surface area (Å²) in [5.74, 6) is 0.407. The minimum atomic E-state index is -0.359. The number of nitrogens with zero attached hydrogens (tertiary/aromatic N) is 2. The number of amides is 1. The molecule has 0 aliphatic carbocycles. The molecule has 5 aromatic rings. The van der Waals surface area contributed by atoms with E-state index in [4.69, 9.17) is 4.74 Å². The molecule has 182 valence electrons. The number of hydrogen-bond acceptors (Lipinski definition) is 4. The van der Waals surface area contributed by atoms with E-state index in [2.05, 4.69) is 32.9 Å². The Morgan fingerprint density at radius 1 is 0.811 bits per heavy atom. The molecule has 0 spiro atoms. The molecule has 6 nitrogen and oxygen atoms in total. The maximum Gasteiger partial charge on any atom is 0.289 e. The number of benzene rings is 4. The smallest absolute Gasteiger partial charge is 0.289 e. The molecule has 1 aromatic heterocycles. The molecule has 0 atom stereocenters. The lowest BCUT2D eigenvalue weighted by Gasteiger charge is -2.06. The zero-order valence-electron chi connectivity index (χ0n) is 20.4. The van der Waals surface area contributed by atoms with E-state index >= 15 is 0 Å². The van der Waals surface area contributed by atoms with Crippen LogP contribution in [0.15, 0.2) is 120 Å². The number of rotatable bonds is 8. The Kier molecular flexibility index (Phi) is 7.18. The number of nitrogens with one attached hydrogen (secondary N) is 2. The summed E-state index contributed by atoms with van der Waals surface area (Å²) in [5, 5.41) is 11.3. The number of H-pyrrole nitrogens is 1. The summed E-state index contributed by atoms with van der Waals surface area (Å²) in [7, 11) is 0. The van der Waals surface area contributed by atoms with E-state index in [-0.39, 0.29) is 5.91 Å². The van der Waals surface area contributed by atoms with Gasteiger partial charge in [0.2, 0.25) is 0 Å². The lowest BCUT2D eigenvalue weighted by molar-refractivity contribution is 0.0950. The lowest BCUT2D eigenvalue weighted by Crippen LogP contribution is -2.19. The second-order valence-corrected chi connectivity index (χ2v) is 8.55. The van der Waals surface area contributed by atoms with Crippen LogP contribution in [0.5, 0.6) is 5.75 Å². The fraction of sp³-hybridized carbons (Fsp3) is 0.0645. The van der Waals surface area contributed by atoms with Crippen LogP contribution < -0.4 is 10.2 Å². The maximum atomic E-state index is 12.6. The highest BCUT2D eigenvalue weighted by atomic mass is 16.5. The monoisotopic (exact) mass is 486 g/mol. The van der Waals surface area contributed by atoms with Crippen molar-refractivity contribution in [3.8, 4) is 28.1 Å². The van der Waals surface area contributed by atoms with Gasteiger partial charge in [-0.1, -0.05) is 84.9 Å². The zero-order chi connectivity index (χ0) is 25.5. The summed E-state index contributed by atoms with van der Waals surface area (Å²) < 4.78 is 5.84. The Balaban J connectivity index is 1.18. The van der Waals surface area contributed by atoms with Gasteiger partial charge in [-0.25, -0.2) is 5.43 Å². The fourth-order valence-electron chi connectivity index (χ4n) is 3.84. The molecule has 4 aromatic carbocycles. The topological polar surface area (TPSA) is 79.4 Å². The molecule has 1 heterocycles. The molecule has 1 amide bonds. The van der Waals surface area contributed by atoms with Gasteiger partial charge in [0, 0.05) is 5.56 Å². The van der Waals surface area contributed by atoms with Crippen molar-refractivity contribution in [3.63, 3.8) is 0 Å². The molecule has 0 aliphatic heterocycles. The molecular weight excluding hydrogens is 460 g/mol. The molecular formula is C31H26N4O2. The summed E-state index contributed by atoms with van der Waals surface area (Å²) in [6.45, 7) is 2.36. The molecule has 0 fully saturated rings. The summed E-state index contributed by atoms with van der Waals surface area (Å²) in [5.41, 5.74) is 9.50. The van der Waals surface area contributed by atoms with Crippen LogP contribution in [0.2, 0.25) is 0 Å². The van der Waals surface area contributed by atoms with E-state index in [1.54, 1.807) is 6.07 Å². The van der Waals surface area contributed by atoms with Crippen LogP contribution >= 0.6 is 0 Å². The van der Waals surface area contributed by atoms with Crippen LogP contribution in [0, 0.1) is 0 Å². The van der Waals surface area contributed by atoms with Crippen LogP contribution in [0.1, 0.15) is 28.5 Å². The van der Waals surface area contributed by atoms with Crippen LogP contribution in [-0.4, -0.2) is 21.8 Å². The largest absolute Gasteiger partial charge is 0.489 e. The third-order valence-electron chi connectivity index (χ3n) is 5.96. The predicted octanol–water partition coefficient (Wildman–Crippen LogP) is 6.48. The van der Waals surface area contributed by atoms with E-state index in [1.165, 1.54) is 0 Å². The second kappa shape index (κ2) is 11.2. The molecule has 0 aliphatic rings. The quantitative estimate of drug-likeness (QED) is 0.195. The van der Waals surface area contributed by atoms with Gasteiger partial charge in [-0.15, -0.1) is 0 Å². The first-order valence-corrected chi connectivity index (χ1v) is 12.0. The molecule has 0 bridgehead atoms. The molecule has 0 unspecified atom stereocenters. The van der Waals surface area contributed by atoms with Gasteiger partial charge in [0.1, 0.15) is 18.1 Å². The molecule has 0 saturated carbocycles. The first-order valence-electron chi connectivity index (χ1n) is 12.0. The predicted molar refractivity (Wildman–Crippen MR) is 146 cm³/mol. The van der Waals surface area contributed by atoms with Crippen molar-refractivity contribution >= 4 is 11.6 Å².